The van der Waals surface area contributed by atoms with Gasteiger partial charge in [0.15, 0.2) is 0 Å². The number of nitrogens with one attached hydrogen (secondary N) is 1. The maximum absolute atomic E-state index is 13.0. The molecule has 26 heavy (non-hydrogen) atoms. The molecule has 1 N–H and O–H groups in total. The number of rotatable bonds is 1. The third-order valence-corrected chi connectivity index (χ3v) is 5.37. The van der Waals surface area contributed by atoms with Crippen LogP contribution in [0.25, 0.3) is 11.0 Å². The molecule has 2 aliphatic heterocycles. The minimum atomic E-state index is -0.463. The molecule has 7 heteroatoms. The highest BCUT2D eigenvalue weighted by molar-refractivity contribution is 5.97. The Balaban J connectivity index is 1.54. The zero-order valence-corrected chi connectivity index (χ0v) is 15.0. The van der Waals surface area contributed by atoms with E-state index in [9.17, 15) is 9.59 Å². The summed E-state index contributed by atoms with van der Waals surface area (Å²) in [6.07, 6.45) is 1.88. The van der Waals surface area contributed by atoms with Crippen LogP contribution in [-0.4, -0.2) is 52.1 Å². The van der Waals surface area contributed by atoms with Crippen molar-refractivity contribution in [2.24, 2.45) is 0 Å². The zero-order valence-electron chi connectivity index (χ0n) is 15.0. The van der Waals surface area contributed by atoms with Gasteiger partial charge in [0.05, 0.1) is 29.0 Å². The molecule has 3 heterocycles. The molecule has 1 atom stereocenters. The van der Waals surface area contributed by atoms with Gasteiger partial charge in [-0.1, -0.05) is 0 Å². The maximum atomic E-state index is 13.0. The first-order chi connectivity index (χ1) is 12.5. The van der Waals surface area contributed by atoms with Gasteiger partial charge >= 0.3 is 6.09 Å². The minimum Gasteiger partial charge on any atom is -0.441 e. The number of carbonyl (C=O) groups excluding carboxylic acids is 2. The Kier molecular flexibility index (Phi) is 4.01. The Hall–Kier alpha value is -2.70. The largest absolute Gasteiger partial charge is 0.441 e. The van der Waals surface area contributed by atoms with Crippen LogP contribution in [0, 0.1) is 13.8 Å². The monoisotopic (exact) mass is 354 g/mol. The van der Waals surface area contributed by atoms with E-state index in [1.54, 1.807) is 0 Å². The molecule has 0 saturated carbocycles. The van der Waals surface area contributed by atoms with E-state index in [0.29, 0.717) is 31.6 Å². The van der Waals surface area contributed by atoms with E-state index >= 15 is 0 Å². The third kappa shape index (κ3) is 2.98. The SMILES string of the molecule is Cc1nc2ccc(C(=O)N3CCC[C@]4(CC3)CNC(=O)O4)cc2nc1C. The standard InChI is InChI=1S/C19H22N4O3/c1-12-13(2)22-16-10-14(4-5-15(16)21-12)17(24)23-8-3-6-19(7-9-23)11-20-18(25)26-19/h4-5,10H,3,6-9,11H2,1-2H3,(H,20,25)/t19-/m0/s1. The average Bonchev–Trinajstić information content (AvgIpc) is 2.86. The van der Waals surface area contributed by atoms with Crippen molar-refractivity contribution in [1.82, 2.24) is 20.2 Å². The van der Waals surface area contributed by atoms with Crippen LogP contribution < -0.4 is 5.32 Å². The Morgan fingerprint density at radius 3 is 2.65 bits per heavy atom. The van der Waals surface area contributed by atoms with Crippen molar-refractivity contribution in [3.05, 3.63) is 35.2 Å². The van der Waals surface area contributed by atoms with Crippen LogP contribution >= 0.6 is 0 Å². The number of fused-ring (bicyclic) bond motifs is 1. The summed E-state index contributed by atoms with van der Waals surface area (Å²) in [5, 5.41) is 2.73. The predicted octanol–water partition coefficient (Wildman–Crippen LogP) is 2.35. The Bertz CT molecular complexity index is 898. The second kappa shape index (κ2) is 6.23. The highest BCUT2D eigenvalue weighted by Gasteiger charge is 2.41. The summed E-state index contributed by atoms with van der Waals surface area (Å²) in [6.45, 7) is 5.61. The van der Waals surface area contributed by atoms with Crippen LogP contribution in [0.2, 0.25) is 0 Å². The number of likely N-dealkylation sites (tertiary alicyclic amines) is 1. The number of alkyl carbamates (subject to hydrolysis) is 1. The summed E-state index contributed by atoms with van der Waals surface area (Å²) in [5.74, 6) is -0.0127. The van der Waals surface area contributed by atoms with Crippen molar-refractivity contribution in [3.63, 3.8) is 0 Å². The molecule has 136 valence electrons. The lowest BCUT2D eigenvalue weighted by molar-refractivity contribution is 0.0438. The van der Waals surface area contributed by atoms with Gasteiger partial charge in [0.25, 0.3) is 5.91 Å². The summed E-state index contributed by atoms with van der Waals surface area (Å²) >= 11 is 0. The van der Waals surface area contributed by atoms with Crippen molar-refractivity contribution in [2.45, 2.75) is 38.7 Å². The number of nitrogens with zero attached hydrogens (tertiary/aromatic N) is 3. The van der Waals surface area contributed by atoms with Gasteiger partial charge in [-0.15, -0.1) is 0 Å². The molecule has 7 nitrogen and oxygen atoms in total. The van der Waals surface area contributed by atoms with E-state index in [4.69, 9.17) is 4.74 Å². The molecule has 0 bridgehead atoms. The van der Waals surface area contributed by atoms with Gasteiger partial charge in [-0.2, -0.15) is 0 Å². The first-order valence-corrected chi connectivity index (χ1v) is 8.97. The van der Waals surface area contributed by atoms with Crippen LogP contribution in [0.4, 0.5) is 4.79 Å². The van der Waals surface area contributed by atoms with Crippen LogP contribution in [0.1, 0.15) is 41.0 Å². The number of aromatic nitrogens is 2. The van der Waals surface area contributed by atoms with Crippen molar-refractivity contribution in [3.8, 4) is 0 Å². The molecule has 4 rings (SSSR count). The normalized spacial score (nSPS) is 23.0. The predicted molar refractivity (Wildman–Crippen MR) is 96.0 cm³/mol. The van der Waals surface area contributed by atoms with Crippen molar-refractivity contribution >= 4 is 23.0 Å². The second-order valence-corrected chi connectivity index (χ2v) is 7.17. The van der Waals surface area contributed by atoms with E-state index in [-0.39, 0.29) is 12.0 Å². The first kappa shape index (κ1) is 16.8. The number of carbonyl (C=O) groups is 2. The molecule has 2 aliphatic rings. The number of ether oxygens (including phenoxy) is 1. The molecule has 2 fully saturated rings. The highest BCUT2D eigenvalue weighted by Crippen LogP contribution is 2.30. The van der Waals surface area contributed by atoms with E-state index in [0.717, 1.165) is 35.3 Å². The smallest absolute Gasteiger partial charge is 0.407 e. The maximum Gasteiger partial charge on any atom is 0.407 e. The van der Waals surface area contributed by atoms with Crippen LogP contribution in [-0.2, 0) is 4.74 Å². The minimum absolute atomic E-state index is 0.0127. The molecule has 0 radical (unpaired) electrons. The number of aryl methyl sites for hydroxylation is 2. The lowest BCUT2D eigenvalue weighted by Crippen LogP contribution is -2.36. The van der Waals surface area contributed by atoms with Gasteiger partial charge in [0.2, 0.25) is 0 Å². The van der Waals surface area contributed by atoms with E-state index in [1.165, 1.54) is 0 Å². The van der Waals surface area contributed by atoms with Gasteiger partial charge in [-0.05, 0) is 44.9 Å². The molecule has 0 unspecified atom stereocenters. The average molecular weight is 354 g/mol. The van der Waals surface area contributed by atoms with Gasteiger partial charge in [-0.25, -0.2) is 14.8 Å². The van der Waals surface area contributed by atoms with Crippen LogP contribution in [0.15, 0.2) is 18.2 Å². The Morgan fingerprint density at radius 2 is 1.92 bits per heavy atom. The lowest BCUT2D eigenvalue weighted by Gasteiger charge is -2.25. The molecule has 1 aromatic carbocycles. The van der Waals surface area contributed by atoms with Crippen molar-refractivity contribution in [1.29, 1.82) is 0 Å². The van der Waals surface area contributed by atoms with E-state index in [2.05, 4.69) is 15.3 Å². The molecule has 0 aliphatic carbocycles. The topological polar surface area (TPSA) is 84.4 Å². The molecular formula is C19H22N4O3. The summed E-state index contributed by atoms with van der Waals surface area (Å²) in [5.41, 5.74) is 3.45. The number of hydrogen-bond acceptors (Lipinski definition) is 5. The second-order valence-electron chi connectivity index (χ2n) is 7.17. The van der Waals surface area contributed by atoms with Gasteiger partial charge in [-0.3, -0.25) is 4.79 Å². The summed E-state index contributed by atoms with van der Waals surface area (Å²) < 4.78 is 5.48. The number of benzene rings is 1. The summed E-state index contributed by atoms with van der Waals surface area (Å²) in [4.78, 5) is 35.3. The molecule has 2 amide bonds. The Morgan fingerprint density at radius 1 is 1.15 bits per heavy atom. The fraction of sp³-hybridized carbons (Fsp3) is 0.474. The molecule has 2 saturated heterocycles. The fourth-order valence-electron chi connectivity index (χ4n) is 3.70. The number of amides is 2. The van der Waals surface area contributed by atoms with Crippen LogP contribution in [0.3, 0.4) is 0 Å². The van der Waals surface area contributed by atoms with Crippen molar-refractivity contribution in [2.75, 3.05) is 19.6 Å². The number of hydrogen-bond donors (Lipinski definition) is 1. The Labute approximate surface area is 151 Å². The van der Waals surface area contributed by atoms with Gasteiger partial charge in [0, 0.05) is 25.1 Å². The molecule has 1 aromatic heterocycles. The summed E-state index contributed by atoms with van der Waals surface area (Å²) in [7, 11) is 0. The van der Waals surface area contributed by atoms with E-state index in [1.807, 2.05) is 36.9 Å². The molecule has 2 aromatic rings. The van der Waals surface area contributed by atoms with Crippen LogP contribution in [0.5, 0.6) is 0 Å². The van der Waals surface area contributed by atoms with Gasteiger partial charge < -0.3 is 15.0 Å². The molecule has 1 spiro atoms. The fourth-order valence-corrected chi connectivity index (χ4v) is 3.70. The summed E-state index contributed by atoms with van der Waals surface area (Å²) in [6, 6.07) is 5.48. The zero-order chi connectivity index (χ0) is 18.3. The lowest BCUT2D eigenvalue weighted by atomic mass is 9.95. The van der Waals surface area contributed by atoms with E-state index < -0.39 is 5.60 Å². The molecular weight excluding hydrogens is 332 g/mol. The highest BCUT2D eigenvalue weighted by atomic mass is 16.6. The first-order valence-electron chi connectivity index (χ1n) is 8.97. The quantitative estimate of drug-likeness (QED) is 0.850. The van der Waals surface area contributed by atoms with Gasteiger partial charge in [0.1, 0.15) is 5.60 Å². The third-order valence-electron chi connectivity index (χ3n) is 5.37. The van der Waals surface area contributed by atoms with Crippen molar-refractivity contribution < 1.29 is 14.3 Å².